The highest BCUT2D eigenvalue weighted by Gasteiger charge is 2.20. The molecule has 0 radical (unpaired) electrons. The molecule has 7 heteroatoms. The summed E-state index contributed by atoms with van der Waals surface area (Å²) < 4.78 is 15.7. The minimum atomic E-state index is -0.643. The van der Waals surface area contributed by atoms with Gasteiger partial charge >= 0.3 is 11.6 Å². The molecular formula is C20H16O6S. The summed E-state index contributed by atoms with van der Waals surface area (Å²) in [5.74, 6) is -0.500. The molecule has 0 aliphatic heterocycles. The van der Waals surface area contributed by atoms with Gasteiger partial charge < -0.3 is 13.9 Å². The van der Waals surface area contributed by atoms with Gasteiger partial charge in [0, 0.05) is 17.0 Å². The molecule has 27 heavy (non-hydrogen) atoms. The number of benzene rings is 1. The van der Waals surface area contributed by atoms with Crippen molar-refractivity contribution in [3.05, 3.63) is 62.1 Å². The average Bonchev–Trinajstić information content (AvgIpc) is 3.36. The molecule has 1 aromatic carbocycles. The van der Waals surface area contributed by atoms with Crippen molar-refractivity contribution >= 4 is 34.1 Å². The lowest BCUT2D eigenvalue weighted by molar-refractivity contribution is -0.144. The van der Waals surface area contributed by atoms with Crippen LogP contribution in [0.3, 0.4) is 0 Å². The quantitative estimate of drug-likeness (QED) is 0.369. The lowest BCUT2D eigenvalue weighted by Gasteiger charge is -2.08. The van der Waals surface area contributed by atoms with Gasteiger partial charge in [0.1, 0.15) is 11.3 Å². The second kappa shape index (κ2) is 7.36. The Morgan fingerprint density at radius 1 is 1.11 bits per heavy atom. The maximum atomic E-state index is 12.0. The summed E-state index contributed by atoms with van der Waals surface area (Å²) in [4.78, 5) is 36.2. The highest BCUT2D eigenvalue weighted by Crippen LogP contribution is 2.29. The summed E-state index contributed by atoms with van der Waals surface area (Å²) in [6.45, 7) is -0.653. The number of carbonyl (C=O) groups is 2. The van der Waals surface area contributed by atoms with Crippen molar-refractivity contribution in [1.82, 2.24) is 0 Å². The van der Waals surface area contributed by atoms with E-state index in [0.29, 0.717) is 16.2 Å². The second-order valence-electron chi connectivity index (χ2n) is 6.21. The van der Waals surface area contributed by atoms with Crippen LogP contribution in [0.2, 0.25) is 0 Å². The Hall–Kier alpha value is -2.93. The molecule has 0 N–H and O–H groups in total. The fraction of sp³-hybridized carbons (Fsp3) is 0.250. The minimum Gasteiger partial charge on any atom is -0.482 e. The molecule has 0 amide bonds. The molecule has 0 atom stereocenters. The highest BCUT2D eigenvalue weighted by molar-refractivity contribution is 7.12. The molecule has 1 aliphatic rings. The Bertz CT molecular complexity index is 1060. The first-order valence-corrected chi connectivity index (χ1v) is 9.43. The van der Waals surface area contributed by atoms with Gasteiger partial charge in [-0.25, -0.2) is 9.59 Å². The second-order valence-corrected chi connectivity index (χ2v) is 7.16. The smallest absolute Gasteiger partial charge is 0.344 e. The number of thiophene rings is 1. The van der Waals surface area contributed by atoms with Gasteiger partial charge in [0.15, 0.2) is 13.2 Å². The molecule has 1 aliphatic carbocycles. The van der Waals surface area contributed by atoms with Crippen LogP contribution in [-0.4, -0.2) is 25.0 Å². The van der Waals surface area contributed by atoms with Gasteiger partial charge in [-0.3, -0.25) is 4.79 Å². The van der Waals surface area contributed by atoms with E-state index in [2.05, 4.69) is 0 Å². The number of aryl methyl sites for hydroxylation is 1. The number of hydrogen-bond acceptors (Lipinski definition) is 7. The number of ether oxygens (including phenoxy) is 2. The monoisotopic (exact) mass is 384 g/mol. The van der Waals surface area contributed by atoms with Gasteiger partial charge in [-0.1, -0.05) is 6.07 Å². The van der Waals surface area contributed by atoms with Crippen molar-refractivity contribution in [2.75, 3.05) is 13.2 Å². The van der Waals surface area contributed by atoms with E-state index >= 15 is 0 Å². The van der Waals surface area contributed by atoms with E-state index < -0.39 is 5.97 Å². The third kappa shape index (κ3) is 3.64. The fourth-order valence-corrected chi connectivity index (χ4v) is 3.84. The largest absolute Gasteiger partial charge is 0.482 e. The number of Topliss-reactive ketones (excluding diaryl/α,β-unsaturated/α-hetero) is 1. The van der Waals surface area contributed by atoms with Gasteiger partial charge in [0.05, 0.1) is 4.88 Å². The maximum Gasteiger partial charge on any atom is 0.344 e. The molecule has 0 bridgehead atoms. The van der Waals surface area contributed by atoms with Crippen LogP contribution < -0.4 is 10.4 Å². The first kappa shape index (κ1) is 17.5. The molecule has 6 nitrogen and oxygen atoms in total. The summed E-state index contributed by atoms with van der Waals surface area (Å²) in [6.07, 6.45) is 2.57. The van der Waals surface area contributed by atoms with Crippen molar-refractivity contribution in [2.24, 2.45) is 0 Å². The van der Waals surface area contributed by atoms with Crippen LogP contribution in [0.4, 0.5) is 0 Å². The highest BCUT2D eigenvalue weighted by atomic mass is 32.1. The van der Waals surface area contributed by atoms with Crippen LogP contribution in [0.25, 0.3) is 11.0 Å². The molecule has 0 fully saturated rings. The number of fused-ring (bicyclic) bond motifs is 3. The van der Waals surface area contributed by atoms with Crippen molar-refractivity contribution in [3.63, 3.8) is 0 Å². The Morgan fingerprint density at radius 2 is 1.96 bits per heavy atom. The van der Waals surface area contributed by atoms with E-state index in [1.54, 1.807) is 29.6 Å². The predicted octanol–water partition coefficient (Wildman–Crippen LogP) is 3.15. The third-order valence-electron chi connectivity index (χ3n) is 4.46. The summed E-state index contributed by atoms with van der Waals surface area (Å²) in [5, 5.41) is 2.68. The van der Waals surface area contributed by atoms with Gasteiger partial charge in [-0.2, -0.15) is 0 Å². The van der Waals surface area contributed by atoms with E-state index in [1.807, 2.05) is 6.07 Å². The van der Waals surface area contributed by atoms with Crippen molar-refractivity contribution in [3.8, 4) is 5.75 Å². The molecule has 0 spiro atoms. The van der Waals surface area contributed by atoms with Crippen LogP contribution in [0.5, 0.6) is 5.75 Å². The molecule has 2 aromatic heterocycles. The van der Waals surface area contributed by atoms with Crippen molar-refractivity contribution < 1.29 is 23.5 Å². The number of esters is 1. The first-order valence-electron chi connectivity index (χ1n) is 8.55. The number of ketones is 1. The molecular weight excluding hydrogens is 368 g/mol. The molecule has 0 unspecified atom stereocenters. The van der Waals surface area contributed by atoms with E-state index in [0.717, 1.165) is 35.8 Å². The van der Waals surface area contributed by atoms with E-state index in [4.69, 9.17) is 13.9 Å². The summed E-state index contributed by atoms with van der Waals surface area (Å²) >= 11 is 1.30. The third-order valence-corrected chi connectivity index (χ3v) is 5.37. The zero-order valence-corrected chi connectivity index (χ0v) is 15.2. The molecule has 0 saturated carbocycles. The molecule has 3 aromatic rings. The van der Waals surface area contributed by atoms with Crippen LogP contribution in [-0.2, 0) is 22.4 Å². The van der Waals surface area contributed by atoms with Crippen molar-refractivity contribution in [1.29, 1.82) is 0 Å². The summed E-state index contributed by atoms with van der Waals surface area (Å²) in [7, 11) is 0. The zero-order valence-electron chi connectivity index (χ0n) is 14.4. The fourth-order valence-electron chi connectivity index (χ4n) is 3.19. The lowest BCUT2D eigenvalue weighted by atomic mass is 10.1. The van der Waals surface area contributed by atoms with Crippen LogP contribution in [0.15, 0.2) is 44.9 Å². The number of rotatable bonds is 6. The van der Waals surface area contributed by atoms with Gasteiger partial charge in [0.25, 0.3) is 0 Å². The maximum absolute atomic E-state index is 12.0. The van der Waals surface area contributed by atoms with Crippen LogP contribution in [0, 0.1) is 0 Å². The molecule has 0 saturated heterocycles. The minimum absolute atomic E-state index is 0.250. The van der Waals surface area contributed by atoms with Gasteiger partial charge in [0.2, 0.25) is 5.78 Å². The van der Waals surface area contributed by atoms with E-state index in [1.165, 1.54) is 11.3 Å². The Balaban J connectivity index is 1.39. The SMILES string of the molecule is O=C(COc1ccc2c3c(c(=O)oc2c1)CCC3)OCC(=O)c1cccs1. The van der Waals surface area contributed by atoms with Crippen LogP contribution >= 0.6 is 11.3 Å². The number of carbonyl (C=O) groups excluding carboxylic acids is 2. The summed E-state index contributed by atoms with van der Waals surface area (Å²) in [5.41, 5.74) is 1.94. The molecule has 138 valence electrons. The van der Waals surface area contributed by atoms with Gasteiger partial charge in [-0.15, -0.1) is 11.3 Å². The topological polar surface area (TPSA) is 82.8 Å². The van der Waals surface area contributed by atoms with Crippen molar-refractivity contribution in [2.45, 2.75) is 19.3 Å². The first-order chi connectivity index (χ1) is 13.1. The summed E-state index contributed by atoms with van der Waals surface area (Å²) in [6, 6.07) is 8.60. The Labute approximate surface area is 158 Å². The van der Waals surface area contributed by atoms with Crippen LogP contribution in [0.1, 0.15) is 27.2 Å². The molecule has 4 rings (SSSR count). The van der Waals surface area contributed by atoms with E-state index in [9.17, 15) is 14.4 Å². The predicted molar refractivity (Wildman–Crippen MR) is 99.6 cm³/mol. The van der Waals surface area contributed by atoms with Gasteiger partial charge in [-0.05, 0) is 48.4 Å². The van der Waals surface area contributed by atoms with E-state index in [-0.39, 0.29) is 24.6 Å². The number of hydrogen-bond donors (Lipinski definition) is 0. The average molecular weight is 384 g/mol. The Kier molecular flexibility index (Phi) is 4.77. The Morgan fingerprint density at radius 3 is 2.78 bits per heavy atom. The normalized spacial score (nSPS) is 12.7. The standard InChI is InChI=1S/C20H16O6S/c21-16(18-5-2-8-27-18)10-25-19(22)11-24-12-6-7-14-13-3-1-4-15(13)20(23)26-17(14)9-12/h2,5-9H,1,3-4,10-11H2. The lowest BCUT2D eigenvalue weighted by Crippen LogP contribution is -2.19. The zero-order chi connectivity index (χ0) is 18.8. The molecule has 2 heterocycles.